The van der Waals surface area contributed by atoms with Crippen molar-refractivity contribution in [2.45, 2.75) is 49.3 Å². The fourth-order valence-corrected chi connectivity index (χ4v) is 4.68. The van der Waals surface area contributed by atoms with Crippen LogP contribution in [0, 0.1) is 19.8 Å². The van der Waals surface area contributed by atoms with Gasteiger partial charge in [0, 0.05) is 23.5 Å². The average molecular weight is 370 g/mol. The molecular weight excluding hydrogens is 346 g/mol. The van der Waals surface area contributed by atoms with Gasteiger partial charge in [0.25, 0.3) is 0 Å². The number of ketones is 1. The molecule has 2 rings (SSSR count). The normalized spacial score (nSPS) is 11.4. The molecule has 0 saturated heterocycles. The lowest BCUT2D eigenvalue weighted by Crippen LogP contribution is -2.08. The molecule has 0 aromatic carbocycles. The third-order valence-corrected chi connectivity index (χ3v) is 6.73. The summed E-state index contributed by atoms with van der Waals surface area (Å²) in [5, 5.41) is 8.16. The minimum Gasteiger partial charge on any atom is -0.348 e. The van der Waals surface area contributed by atoms with Gasteiger partial charge in [0.1, 0.15) is 0 Å². The number of carbonyl (C=O) groups excluding carboxylic acids is 1. The molecule has 0 N–H and O–H groups in total. The number of nitrogens with zero attached hydrogens (tertiary/aromatic N) is 3. The number of aryl methyl sites for hydroxylation is 1. The Morgan fingerprint density at radius 2 is 2.00 bits per heavy atom. The highest BCUT2D eigenvalue weighted by molar-refractivity contribution is 8.03. The first kappa shape index (κ1) is 18.5. The van der Waals surface area contributed by atoms with E-state index in [-0.39, 0.29) is 5.78 Å². The van der Waals surface area contributed by atoms with E-state index in [2.05, 4.69) is 35.5 Å². The molecule has 0 unspecified atom stereocenters. The lowest BCUT2D eigenvalue weighted by molar-refractivity contribution is 0.102. The topological polar surface area (TPSA) is 47.8 Å². The highest BCUT2D eigenvalue weighted by Crippen LogP contribution is 2.28. The largest absolute Gasteiger partial charge is 0.348 e. The first-order valence-electron chi connectivity index (χ1n) is 7.62. The summed E-state index contributed by atoms with van der Waals surface area (Å²) in [7, 11) is 0. The molecule has 0 aliphatic carbocycles. The number of rotatable bonds is 8. The summed E-state index contributed by atoms with van der Waals surface area (Å²) in [6.07, 6.45) is 3.10. The molecule has 0 atom stereocenters. The number of aromatic nitrogens is 3. The van der Waals surface area contributed by atoms with E-state index in [0.717, 1.165) is 38.6 Å². The van der Waals surface area contributed by atoms with E-state index in [1.807, 2.05) is 19.2 Å². The molecule has 7 heteroatoms. The Balaban J connectivity index is 2.02. The summed E-state index contributed by atoms with van der Waals surface area (Å²) in [4.78, 5) is 12.5. The summed E-state index contributed by atoms with van der Waals surface area (Å²) in [5.41, 5.74) is 3.08. The lowest BCUT2D eigenvalue weighted by atomic mass is 10.1. The summed E-state index contributed by atoms with van der Waals surface area (Å²) in [6, 6.07) is 2.02. The molecule has 0 fully saturated rings. The Morgan fingerprint density at radius 3 is 2.61 bits per heavy atom. The lowest BCUT2D eigenvalue weighted by Gasteiger charge is -2.11. The molecule has 0 aliphatic heterocycles. The minimum absolute atomic E-state index is 0.166. The second-order valence-corrected chi connectivity index (χ2v) is 9.12. The molecule has 0 aliphatic rings. The zero-order chi connectivity index (χ0) is 17.0. The van der Waals surface area contributed by atoms with Crippen LogP contribution in [0.15, 0.2) is 14.7 Å². The van der Waals surface area contributed by atoms with Gasteiger partial charge >= 0.3 is 0 Å². The predicted octanol–water partition coefficient (Wildman–Crippen LogP) is 4.70. The monoisotopic (exact) mass is 369 g/mol. The van der Waals surface area contributed by atoms with E-state index in [4.69, 9.17) is 0 Å². The fourth-order valence-electron chi connectivity index (χ4n) is 2.36. The third kappa shape index (κ3) is 4.84. The first-order valence-corrected chi connectivity index (χ1v) is 10.6. The van der Waals surface area contributed by atoms with Crippen LogP contribution < -0.4 is 0 Å². The minimum atomic E-state index is 0.166. The molecular formula is C16H23N3OS3. The molecule has 23 heavy (non-hydrogen) atoms. The van der Waals surface area contributed by atoms with E-state index in [1.54, 1.807) is 23.1 Å². The molecule has 0 bridgehead atoms. The Hall–Kier alpha value is -0.790. The SMILES string of the molecule is CSc1nnc(SCC(=O)c2cc(C)n(CCC(C)C)c2C)s1. The quantitative estimate of drug-likeness (QED) is 0.498. The van der Waals surface area contributed by atoms with Gasteiger partial charge in [0.05, 0.1) is 5.75 Å². The molecule has 126 valence electrons. The van der Waals surface area contributed by atoms with Gasteiger partial charge in [-0.1, -0.05) is 48.7 Å². The Labute approximate surface area is 150 Å². The zero-order valence-electron chi connectivity index (χ0n) is 14.3. The van der Waals surface area contributed by atoms with Crippen LogP contribution in [-0.2, 0) is 6.54 Å². The maximum absolute atomic E-state index is 12.5. The number of carbonyl (C=O) groups is 1. The van der Waals surface area contributed by atoms with Gasteiger partial charge < -0.3 is 4.57 Å². The maximum atomic E-state index is 12.5. The van der Waals surface area contributed by atoms with Crippen LogP contribution >= 0.6 is 34.9 Å². The molecule has 2 aromatic heterocycles. The Bertz CT molecular complexity index is 676. The molecule has 2 aromatic rings. The molecule has 0 saturated carbocycles. The van der Waals surface area contributed by atoms with Crippen molar-refractivity contribution in [3.05, 3.63) is 23.0 Å². The molecule has 4 nitrogen and oxygen atoms in total. The number of hydrogen-bond donors (Lipinski definition) is 0. The van der Waals surface area contributed by atoms with Crippen molar-refractivity contribution in [1.82, 2.24) is 14.8 Å². The summed E-state index contributed by atoms with van der Waals surface area (Å²) in [6.45, 7) is 9.54. The van der Waals surface area contributed by atoms with Crippen LogP contribution in [0.5, 0.6) is 0 Å². The highest BCUT2D eigenvalue weighted by atomic mass is 32.2. The van der Waals surface area contributed by atoms with Gasteiger partial charge in [-0.2, -0.15) is 0 Å². The zero-order valence-corrected chi connectivity index (χ0v) is 16.7. The average Bonchev–Trinajstić information content (AvgIpc) is 3.08. The molecule has 0 amide bonds. The standard InChI is InChI=1S/C16H23N3OS3/c1-10(2)6-7-19-11(3)8-13(12(19)4)14(20)9-22-16-18-17-15(21-5)23-16/h8,10H,6-7,9H2,1-5H3. The fraction of sp³-hybridized carbons (Fsp3) is 0.562. The first-order chi connectivity index (χ1) is 10.9. The van der Waals surface area contributed by atoms with Crippen LogP contribution in [-0.4, -0.2) is 32.6 Å². The highest BCUT2D eigenvalue weighted by Gasteiger charge is 2.17. The van der Waals surface area contributed by atoms with Crippen LogP contribution in [0.1, 0.15) is 42.0 Å². The second-order valence-electron chi connectivity index (χ2n) is 5.87. The van der Waals surface area contributed by atoms with Gasteiger partial charge in [-0.25, -0.2) is 0 Å². The van der Waals surface area contributed by atoms with E-state index < -0.39 is 0 Å². The number of Topliss-reactive ketones (excluding diaryl/α,β-unsaturated/α-hetero) is 1. The van der Waals surface area contributed by atoms with Crippen molar-refractivity contribution >= 4 is 40.6 Å². The van der Waals surface area contributed by atoms with E-state index in [1.165, 1.54) is 11.8 Å². The van der Waals surface area contributed by atoms with Crippen LogP contribution in [0.4, 0.5) is 0 Å². The van der Waals surface area contributed by atoms with Crippen molar-refractivity contribution in [3.63, 3.8) is 0 Å². The van der Waals surface area contributed by atoms with E-state index >= 15 is 0 Å². The van der Waals surface area contributed by atoms with Gasteiger partial charge in [-0.3, -0.25) is 4.79 Å². The Morgan fingerprint density at radius 1 is 1.30 bits per heavy atom. The van der Waals surface area contributed by atoms with Gasteiger partial charge in [0.2, 0.25) is 0 Å². The Kier molecular flexibility index (Phi) is 6.73. The second kappa shape index (κ2) is 8.35. The number of thioether (sulfide) groups is 2. The summed E-state index contributed by atoms with van der Waals surface area (Å²) < 4.78 is 4.05. The number of hydrogen-bond acceptors (Lipinski definition) is 6. The molecule has 0 spiro atoms. The van der Waals surface area contributed by atoms with E-state index in [0.29, 0.717) is 11.7 Å². The maximum Gasteiger partial charge on any atom is 0.175 e. The van der Waals surface area contributed by atoms with Crippen LogP contribution in [0.25, 0.3) is 0 Å². The predicted molar refractivity (Wildman–Crippen MR) is 100 cm³/mol. The summed E-state index contributed by atoms with van der Waals surface area (Å²) >= 11 is 4.59. The van der Waals surface area contributed by atoms with Crippen molar-refractivity contribution in [1.29, 1.82) is 0 Å². The summed E-state index contributed by atoms with van der Waals surface area (Å²) in [5.74, 6) is 1.24. The molecule has 0 radical (unpaired) electrons. The van der Waals surface area contributed by atoms with Crippen molar-refractivity contribution < 1.29 is 4.79 Å². The van der Waals surface area contributed by atoms with E-state index in [9.17, 15) is 4.79 Å². The van der Waals surface area contributed by atoms with Gasteiger partial charge in [-0.15, -0.1) is 10.2 Å². The van der Waals surface area contributed by atoms with Crippen LogP contribution in [0.2, 0.25) is 0 Å². The van der Waals surface area contributed by atoms with Crippen molar-refractivity contribution in [2.75, 3.05) is 12.0 Å². The smallest absolute Gasteiger partial charge is 0.175 e. The van der Waals surface area contributed by atoms with Gasteiger partial charge in [-0.05, 0) is 38.5 Å². The van der Waals surface area contributed by atoms with Crippen LogP contribution in [0.3, 0.4) is 0 Å². The van der Waals surface area contributed by atoms with Crippen molar-refractivity contribution in [2.24, 2.45) is 5.92 Å². The van der Waals surface area contributed by atoms with Crippen molar-refractivity contribution in [3.8, 4) is 0 Å². The molecule has 2 heterocycles. The third-order valence-electron chi connectivity index (χ3n) is 3.69. The van der Waals surface area contributed by atoms with Gasteiger partial charge in [0.15, 0.2) is 14.5 Å².